The summed E-state index contributed by atoms with van der Waals surface area (Å²) in [5.74, 6) is 0.0652. The zero-order valence-corrected chi connectivity index (χ0v) is 16.9. The van der Waals surface area contributed by atoms with Crippen molar-refractivity contribution in [3.63, 3.8) is 0 Å². The molecule has 2 amide bonds. The summed E-state index contributed by atoms with van der Waals surface area (Å²) in [5.41, 5.74) is 1.51. The van der Waals surface area contributed by atoms with Crippen LogP contribution in [-0.4, -0.2) is 32.9 Å². The lowest BCUT2D eigenvalue weighted by molar-refractivity contribution is -0.122. The highest BCUT2D eigenvalue weighted by Crippen LogP contribution is 2.32. The van der Waals surface area contributed by atoms with Crippen LogP contribution in [0.5, 0.6) is 0 Å². The quantitative estimate of drug-likeness (QED) is 0.707. The van der Waals surface area contributed by atoms with Gasteiger partial charge in [-0.25, -0.2) is 9.97 Å². The highest BCUT2D eigenvalue weighted by molar-refractivity contribution is 7.19. The van der Waals surface area contributed by atoms with Crippen LogP contribution >= 0.6 is 22.9 Å². The number of aryl methyl sites for hydroxylation is 2. The van der Waals surface area contributed by atoms with E-state index in [0.717, 1.165) is 16.4 Å². The van der Waals surface area contributed by atoms with Gasteiger partial charge >= 0.3 is 0 Å². The Balaban J connectivity index is 1.48. The van der Waals surface area contributed by atoms with Gasteiger partial charge in [-0.1, -0.05) is 29.0 Å². The van der Waals surface area contributed by atoms with Gasteiger partial charge in [0.1, 0.15) is 0 Å². The number of halogens is 1. The maximum atomic E-state index is 12.7. The summed E-state index contributed by atoms with van der Waals surface area (Å²) in [6, 6.07) is 7.08. The first-order chi connectivity index (χ1) is 13.4. The summed E-state index contributed by atoms with van der Waals surface area (Å²) < 4.78 is 1.91. The third-order valence-corrected chi connectivity index (χ3v) is 5.97. The molecule has 3 aromatic rings. The van der Waals surface area contributed by atoms with Gasteiger partial charge in [0.2, 0.25) is 11.8 Å². The van der Waals surface area contributed by atoms with Crippen LogP contribution in [0.4, 0.5) is 10.8 Å². The van der Waals surface area contributed by atoms with Crippen LogP contribution < -0.4 is 10.2 Å². The number of carbonyl (C=O) groups excluding carboxylic acids is 2. The standard InChI is InChI=1S/C19H18ClN5O2S/c1-11-16(17-21-6-7-24(17)2)28-19(22-11)23-18(27)12-8-15(26)25(10-12)14-5-3-4-13(20)9-14/h3-7,9,12H,8,10H2,1-2H3,(H,22,23,27). The summed E-state index contributed by atoms with van der Waals surface area (Å²) in [4.78, 5) is 36.4. The Kier molecular flexibility index (Phi) is 4.91. The van der Waals surface area contributed by atoms with E-state index in [2.05, 4.69) is 15.3 Å². The molecule has 1 aliphatic rings. The number of nitrogens with one attached hydrogen (secondary N) is 1. The number of nitrogens with zero attached hydrogens (tertiary/aromatic N) is 4. The minimum atomic E-state index is -0.438. The number of hydrogen-bond acceptors (Lipinski definition) is 5. The average Bonchev–Trinajstić information content (AvgIpc) is 3.33. The van der Waals surface area contributed by atoms with Gasteiger partial charge < -0.3 is 14.8 Å². The zero-order valence-electron chi connectivity index (χ0n) is 15.3. The van der Waals surface area contributed by atoms with E-state index in [-0.39, 0.29) is 18.2 Å². The number of imidazole rings is 1. The molecule has 1 N–H and O–H groups in total. The number of thiazole rings is 1. The monoisotopic (exact) mass is 415 g/mol. The molecule has 4 rings (SSSR count). The first-order valence-electron chi connectivity index (χ1n) is 8.74. The molecule has 1 unspecified atom stereocenters. The molecule has 1 fully saturated rings. The Morgan fingerprint density at radius 3 is 2.93 bits per heavy atom. The Morgan fingerprint density at radius 2 is 2.21 bits per heavy atom. The smallest absolute Gasteiger partial charge is 0.231 e. The highest BCUT2D eigenvalue weighted by Gasteiger charge is 2.35. The van der Waals surface area contributed by atoms with E-state index in [0.29, 0.717) is 22.4 Å². The van der Waals surface area contributed by atoms with Gasteiger partial charge in [-0.2, -0.15) is 0 Å². The van der Waals surface area contributed by atoms with E-state index in [9.17, 15) is 9.59 Å². The third kappa shape index (κ3) is 3.53. The van der Waals surface area contributed by atoms with Crippen molar-refractivity contribution in [2.45, 2.75) is 13.3 Å². The van der Waals surface area contributed by atoms with Gasteiger partial charge in [-0.3, -0.25) is 9.59 Å². The van der Waals surface area contributed by atoms with Gasteiger partial charge in [0.15, 0.2) is 11.0 Å². The number of carbonyl (C=O) groups is 2. The molecule has 7 nitrogen and oxygen atoms in total. The second kappa shape index (κ2) is 7.37. The highest BCUT2D eigenvalue weighted by atomic mass is 35.5. The van der Waals surface area contributed by atoms with E-state index in [4.69, 9.17) is 11.6 Å². The molecule has 0 aliphatic carbocycles. The number of anilines is 2. The minimum Gasteiger partial charge on any atom is -0.333 e. The number of rotatable bonds is 4. The van der Waals surface area contributed by atoms with Crippen LogP contribution in [0.1, 0.15) is 12.1 Å². The van der Waals surface area contributed by atoms with Gasteiger partial charge in [0.25, 0.3) is 0 Å². The fourth-order valence-electron chi connectivity index (χ4n) is 3.23. The second-order valence-corrected chi connectivity index (χ2v) is 8.11. The maximum absolute atomic E-state index is 12.7. The predicted molar refractivity (Wildman–Crippen MR) is 110 cm³/mol. The zero-order chi connectivity index (χ0) is 19.8. The molecule has 0 bridgehead atoms. The fraction of sp³-hybridized carbons (Fsp3) is 0.263. The third-order valence-electron chi connectivity index (χ3n) is 4.67. The first-order valence-corrected chi connectivity index (χ1v) is 9.93. The molecular formula is C19H18ClN5O2S. The largest absolute Gasteiger partial charge is 0.333 e. The number of aromatic nitrogens is 3. The summed E-state index contributed by atoms with van der Waals surface area (Å²) in [5, 5.41) is 3.92. The lowest BCUT2D eigenvalue weighted by Gasteiger charge is -2.16. The van der Waals surface area contributed by atoms with Gasteiger partial charge in [0, 0.05) is 43.1 Å². The molecule has 1 aliphatic heterocycles. The molecular weight excluding hydrogens is 398 g/mol. The Bertz CT molecular complexity index is 1060. The topological polar surface area (TPSA) is 80.1 Å². The number of benzene rings is 1. The summed E-state index contributed by atoms with van der Waals surface area (Å²) in [7, 11) is 1.91. The molecule has 1 aromatic carbocycles. The van der Waals surface area contributed by atoms with Crippen molar-refractivity contribution in [2.24, 2.45) is 13.0 Å². The van der Waals surface area contributed by atoms with Crippen molar-refractivity contribution in [2.75, 3.05) is 16.8 Å². The first kappa shape index (κ1) is 18.6. The van der Waals surface area contributed by atoms with E-state index in [1.807, 2.05) is 30.8 Å². The average molecular weight is 416 g/mol. The molecule has 28 heavy (non-hydrogen) atoms. The van der Waals surface area contributed by atoms with Crippen molar-refractivity contribution in [1.82, 2.24) is 14.5 Å². The molecule has 0 radical (unpaired) electrons. The van der Waals surface area contributed by atoms with Crippen LogP contribution in [0.25, 0.3) is 10.7 Å². The molecule has 3 heterocycles. The predicted octanol–water partition coefficient (Wildman–Crippen LogP) is 3.50. The van der Waals surface area contributed by atoms with Crippen molar-refractivity contribution in [1.29, 1.82) is 0 Å². The molecule has 1 atom stereocenters. The van der Waals surface area contributed by atoms with Crippen LogP contribution in [-0.2, 0) is 16.6 Å². The second-order valence-electron chi connectivity index (χ2n) is 6.67. The fourth-order valence-corrected chi connectivity index (χ4v) is 4.42. The molecule has 9 heteroatoms. The van der Waals surface area contributed by atoms with Crippen LogP contribution in [0.15, 0.2) is 36.7 Å². The van der Waals surface area contributed by atoms with E-state index in [1.165, 1.54) is 11.3 Å². The molecule has 144 valence electrons. The molecule has 0 saturated carbocycles. The van der Waals surface area contributed by atoms with Crippen LogP contribution in [0, 0.1) is 12.8 Å². The number of amides is 2. The van der Waals surface area contributed by atoms with Gasteiger partial charge in [0.05, 0.1) is 16.5 Å². The van der Waals surface area contributed by atoms with Gasteiger partial charge in [-0.05, 0) is 25.1 Å². The van der Waals surface area contributed by atoms with Crippen LogP contribution in [0.2, 0.25) is 5.02 Å². The Labute approximate surface area is 171 Å². The summed E-state index contributed by atoms with van der Waals surface area (Å²) in [6.45, 7) is 2.21. The van der Waals surface area contributed by atoms with Crippen molar-refractivity contribution >= 4 is 45.6 Å². The van der Waals surface area contributed by atoms with Crippen LogP contribution in [0.3, 0.4) is 0 Å². The van der Waals surface area contributed by atoms with E-state index < -0.39 is 5.92 Å². The normalized spacial score (nSPS) is 16.6. The SMILES string of the molecule is Cc1nc(NC(=O)C2CC(=O)N(c3cccc(Cl)c3)C2)sc1-c1nccn1C. The van der Waals surface area contributed by atoms with Gasteiger partial charge in [-0.15, -0.1) is 0 Å². The molecule has 2 aromatic heterocycles. The summed E-state index contributed by atoms with van der Waals surface area (Å²) in [6.07, 6.45) is 3.75. The lowest BCUT2D eigenvalue weighted by Crippen LogP contribution is -2.28. The van der Waals surface area contributed by atoms with E-state index >= 15 is 0 Å². The lowest BCUT2D eigenvalue weighted by atomic mass is 10.1. The number of hydrogen-bond donors (Lipinski definition) is 1. The Hall–Kier alpha value is -2.71. The van der Waals surface area contributed by atoms with Crippen molar-refractivity contribution in [3.8, 4) is 10.7 Å². The summed E-state index contributed by atoms with van der Waals surface area (Å²) >= 11 is 7.39. The minimum absolute atomic E-state index is 0.0913. The maximum Gasteiger partial charge on any atom is 0.231 e. The van der Waals surface area contributed by atoms with Crippen molar-refractivity contribution < 1.29 is 9.59 Å². The molecule has 1 saturated heterocycles. The van der Waals surface area contributed by atoms with E-state index in [1.54, 1.807) is 29.3 Å². The van der Waals surface area contributed by atoms with Crippen molar-refractivity contribution in [3.05, 3.63) is 47.4 Å². The molecule has 0 spiro atoms. The Morgan fingerprint density at radius 1 is 1.39 bits per heavy atom.